The Labute approximate surface area is 125 Å². The molecule has 4 aliphatic carbocycles. The Morgan fingerprint density at radius 2 is 0.850 bits per heavy atom. The molecule has 0 spiro atoms. The molecule has 116 valence electrons. The predicted molar refractivity (Wildman–Crippen MR) is 84.6 cm³/mol. The van der Waals surface area contributed by atoms with E-state index in [9.17, 15) is 0 Å². The Bertz CT molecular complexity index is 259. The van der Waals surface area contributed by atoms with E-state index in [4.69, 9.17) is 5.11 Å². The van der Waals surface area contributed by atoms with Gasteiger partial charge in [-0.1, -0.05) is 51.4 Å². The Morgan fingerprint density at radius 3 is 1.25 bits per heavy atom. The number of aliphatic hydroxyl groups is 1. The van der Waals surface area contributed by atoms with Gasteiger partial charge >= 0.3 is 0 Å². The van der Waals surface area contributed by atoms with E-state index in [1.165, 1.54) is 24.7 Å². The second kappa shape index (κ2) is 7.29. The van der Waals surface area contributed by atoms with Crippen molar-refractivity contribution in [3.8, 4) is 0 Å². The Balaban J connectivity index is 0.000000170. The van der Waals surface area contributed by atoms with Gasteiger partial charge in [0.25, 0.3) is 0 Å². The first-order valence-electron chi connectivity index (χ1n) is 9.52. The molecule has 0 radical (unpaired) electrons. The zero-order valence-corrected chi connectivity index (χ0v) is 13.2. The summed E-state index contributed by atoms with van der Waals surface area (Å²) in [4.78, 5) is 0. The topological polar surface area (TPSA) is 20.2 Å². The molecule has 4 atom stereocenters. The first-order valence-corrected chi connectivity index (χ1v) is 9.52. The molecule has 0 aromatic heterocycles. The highest BCUT2D eigenvalue weighted by molar-refractivity contribution is 4.91. The van der Waals surface area contributed by atoms with Crippen LogP contribution >= 0.6 is 0 Å². The molecule has 1 nitrogen and oxygen atoms in total. The van der Waals surface area contributed by atoms with Crippen LogP contribution in [0.4, 0.5) is 0 Å². The highest BCUT2D eigenvalue weighted by Crippen LogP contribution is 2.51. The van der Waals surface area contributed by atoms with Gasteiger partial charge in [-0.2, -0.15) is 0 Å². The minimum Gasteiger partial charge on any atom is -0.393 e. The molecule has 0 bridgehead atoms. The number of hydrogen-bond acceptors (Lipinski definition) is 1. The van der Waals surface area contributed by atoms with Crippen molar-refractivity contribution >= 4 is 0 Å². The molecule has 1 N–H and O–H groups in total. The average molecular weight is 278 g/mol. The third-order valence-electron chi connectivity index (χ3n) is 6.72. The van der Waals surface area contributed by atoms with Crippen LogP contribution in [0.1, 0.15) is 89.9 Å². The van der Waals surface area contributed by atoms with E-state index in [0.717, 1.165) is 24.7 Å². The molecule has 0 saturated heterocycles. The van der Waals surface area contributed by atoms with Crippen molar-refractivity contribution in [2.75, 3.05) is 0 Å². The average Bonchev–Trinajstić information content (AvgIpc) is 2.99. The zero-order valence-electron chi connectivity index (χ0n) is 13.2. The molecular weight excluding hydrogens is 244 g/mol. The first kappa shape index (κ1) is 14.9. The summed E-state index contributed by atoms with van der Waals surface area (Å²) in [5, 5.41) is 8.73. The Morgan fingerprint density at radius 1 is 0.450 bits per heavy atom. The van der Waals surface area contributed by atoms with Gasteiger partial charge in [0.1, 0.15) is 0 Å². The van der Waals surface area contributed by atoms with Crippen LogP contribution in [0.15, 0.2) is 0 Å². The summed E-state index contributed by atoms with van der Waals surface area (Å²) < 4.78 is 0. The number of aliphatic hydroxyl groups excluding tert-OH is 1. The van der Waals surface area contributed by atoms with E-state index in [1.807, 2.05) is 0 Å². The molecule has 20 heavy (non-hydrogen) atoms. The lowest BCUT2D eigenvalue weighted by Crippen LogP contribution is -2.38. The quantitative estimate of drug-likeness (QED) is 0.636. The smallest absolute Gasteiger partial charge is 0.0540 e. The van der Waals surface area contributed by atoms with Gasteiger partial charge in [-0.05, 0) is 62.2 Å². The van der Waals surface area contributed by atoms with Crippen molar-refractivity contribution in [2.24, 2.45) is 23.7 Å². The monoisotopic (exact) mass is 278 g/mol. The van der Waals surface area contributed by atoms with Gasteiger partial charge in [0.2, 0.25) is 0 Å². The van der Waals surface area contributed by atoms with E-state index in [2.05, 4.69) is 0 Å². The Kier molecular flexibility index (Phi) is 5.42. The van der Waals surface area contributed by atoms with E-state index in [1.54, 1.807) is 64.2 Å². The molecule has 0 aromatic carbocycles. The van der Waals surface area contributed by atoms with Crippen molar-refractivity contribution in [1.82, 2.24) is 0 Å². The zero-order chi connectivity index (χ0) is 13.8. The summed E-state index contributed by atoms with van der Waals surface area (Å²) in [5.41, 5.74) is 0. The van der Waals surface area contributed by atoms with Crippen LogP contribution < -0.4 is 0 Å². The van der Waals surface area contributed by atoms with Crippen LogP contribution in [0, 0.1) is 23.7 Å². The third-order valence-corrected chi connectivity index (χ3v) is 6.72. The number of hydrogen-bond donors (Lipinski definition) is 1. The van der Waals surface area contributed by atoms with Gasteiger partial charge < -0.3 is 5.11 Å². The highest BCUT2D eigenvalue weighted by Gasteiger charge is 2.40. The summed E-state index contributed by atoms with van der Waals surface area (Å²) in [5.74, 6) is 4.65. The lowest BCUT2D eigenvalue weighted by molar-refractivity contribution is 0.0278. The fraction of sp³-hybridized carbons (Fsp3) is 1.00. The van der Waals surface area contributed by atoms with Gasteiger partial charge in [-0.25, -0.2) is 0 Å². The van der Waals surface area contributed by atoms with Crippen molar-refractivity contribution in [3.05, 3.63) is 0 Å². The van der Waals surface area contributed by atoms with Gasteiger partial charge in [-0.15, -0.1) is 0 Å². The standard InChI is InChI=1S/C14H24.C5H10O/c1-3-7-13-11(5-1)9-10-12-6-2-4-8-14(12)13;6-5-3-1-2-4-5/h11-14H,1-10H2;5-6H,1-4H2. The minimum atomic E-state index is 0.0463. The highest BCUT2D eigenvalue weighted by atomic mass is 16.3. The molecule has 0 aliphatic heterocycles. The van der Waals surface area contributed by atoms with Crippen molar-refractivity contribution < 1.29 is 5.11 Å². The molecule has 4 unspecified atom stereocenters. The molecule has 4 saturated carbocycles. The number of fused-ring (bicyclic) bond motifs is 3. The van der Waals surface area contributed by atoms with Crippen LogP contribution in [0.25, 0.3) is 0 Å². The second-order valence-electron chi connectivity index (χ2n) is 7.93. The van der Waals surface area contributed by atoms with Crippen LogP contribution in [0.3, 0.4) is 0 Å². The van der Waals surface area contributed by atoms with Gasteiger partial charge in [-0.3, -0.25) is 0 Å². The maximum absolute atomic E-state index is 8.73. The minimum absolute atomic E-state index is 0.0463. The molecule has 4 fully saturated rings. The summed E-state index contributed by atoms with van der Waals surface area (Å²) in [7, 11) is 0. The van der Waals surface area contributed by atoms with E-state index in [-0.39, 0.29) is 6.10 Å². The molecule has 0 heterocycles. The predicted octanol–water partition coefficient (Wildman–Crippen LogP) is 5.31. The first-order chi connectivity index (χ1) is 9.84. The maximum Gasteiger partial charge on any atom is 0.0540 e. The van der Waals surface area contributed by atoms with Crippen molar-refractivity contribution in [2.45, 2.75) is 96.0 Å². The van der Waals surface area contributed by atoms with Crippen molar-refractivity contribution in [3.63, 3.8) is 0 Å². The summed E-state index contributed by atoms with van der Waals surface area (Å²) in [6.45, 7) is 0. The summed E-state index contributed by atoms with van der Waals surface area (Å²) >= 11 is 0. The molecule has 4 rings (SSSR count). The third kappa shape index (κ3) is 3.59. The molecule has 0 amide bonds. The van der Waals surface area contributed by atoms with Gasteiger partial charge in [0, 0.05) is 0 Å². The normalized spacial score (nSPS) is 41.2. The summed E-state index contributed by atoms with van der Waals surface area (Å²) in [6.07, 6.45) is 20.3. The van der Waals surface area contributed by atoms with Crippen LogP contribution in [-0.2, 0) is 0 Å². The van der Waals surface area contributed by atoms with Gasteiger partial charge in [0.05, 0.1) is 6.10 Å². The molecule has 0 aromatic rings. The lowest BCUT2D eigenvalue weighted by atomic mass is 9.58. The second-order valence-corrected chi connectivity index (χ2v) is 7.93. The molecule has 4 aliphatic rings. The molecular formula is C19H34O. The van der Waals surface area contributed by atoms with E-state index < -0.39 is 0 Å². The van der Waals surface area contributed by atoms with Crippen LogP contribution in [0.2, 0.25) is 0 Å². The maximum atomic E-state index is 8.73. The SMILES string of the molecule is C1CCC2C(C1)CCC1CCCCC12.OC1CCCC1. The van der Waals surface area contributed by atoms with E-state index in [0.29, 0.717) is 0 Å². The van der Waals surface area contributed by atoms with Crippen LogP contribution in [0.5, 0.6) is 0 Å². The Hall–Kier alpha value is -0.0400. The fourth-order valence-electron chi connectivity index (χ4n) is 5.65. The molecule has 1 heteroatoms. The number of rotatable bonds is 0. The fourth-order valence-corrected chi connectivity index (χ4v) is 5.65. The summed E-state index contributed by atoms with van der Waals surface area (Å²) in [6, 6.07) is 0. The van der Waals surface area contributed by atoms with Crippen LogP contribution in [-0.4, -0.2) is 11.2 Å². The van der Waals surface area contributed by atoms with Crippen molar-refractivity contribution in [1.29, 1.82) is 0 Å². The lowest BCUT2D eigenvalue weighted by Gasteiger charge is -2.48. The largest absolute Gasteiger partial charge is 0.393 e. The van der Waals surface area contributed by atoms with E-state index >= 15 is 0 Å². The van der Waals surface area contributed by atoms with Gasteiger partial charge in [0.15, 0.2) is 0 Å².